The van der Waals surface area contributed by atoms with Gasteiger partial charge in [-0.25, -0.2) is 8.42 Å². The average Bonchev–Trinajstić information content (AvgIpc) is 2.94. The first-order valence-electron chi connectivity index (χ1n) is 7.60. The highest BCUT2D eigenvalue weighted by Crippen LogP contribution is 2.38. The maximum Gasteiger partial charge on any atom is 0.246 e. The quantitative estimate of drug-likeness (QED) is 0.808. The van der Waals surface area contributed by atoms with Crippen LogP contribution in [0.4, 0.5) is 0 Å². The second kappa shape index (κ2) is 7.27. The standard InChI is InChI=1S/C15H21BrN2O3S.ClH/c1-10(17)11-2-5-18(6-3-11)22(19,20)14-9-13(16)8-12-4-7-21-15(12)14;/h8-11H,2-7,17H2,1H3;1H. The fourth-order valence-electron chi connectivity index (χ4n) is 3.21. The topological polar surface area (TPSA) is 72.6 Å². The zero-order valence-electron chi connectivity index (χ0n) is 13.0. The molecule has 0 saturated carbocycles. The Balaban J connectivity index is 0.00000192. The molecule has 0 aromatic heterocycles. The van der Waals surface area contributed by atoms with Crippen molar-refractivity contribution in [2.45, 2.75) is 37.1 Å². The third kappa shape index (κ3) is 3.69. The van der Waals surface area contributed by atoms with Gasteiger partial charge in [-0.15, -0.1) is 12.4 Å². The number of halogens is 2. The lowest BCUT2D eigenvalue weighted by Crippen LogP contribution is -2.42. The molecule has 1 fully saturated rings. The minimum absolute atomic E-state index is 0. The van der Waals surface area contributed by atoms with E-state index in [9.17, 15) is 8.42 Å². The molecule has 1 aromatic rings. The third-order valence-corrected chi connectivity index (χ3v) is 6.94. The van der Waals surface area contributed by atoms with E-state index < -0.39 is 10.0 Å². The number of hydrogen-bond donors (Lipinski definition) is 1. The predicted octanol–water partition coefficient (Wildman–Crippen LogP) is 2.55. The third-order valence-electron chi connectivity index (χ3n) is 4.57. The van der Waals surface area contributed by atoms with Gasteiger partial charge < -0.3 is 10.5 Å². The number of piperidine rings is 1. The smallest absolute Gasteiger partial charge is 0.246 e. The van der Waals surface area contributed by atoms with Gasteiger partial charge in [0.1, 0.15) is 10.6 Å². The summed E-state index contributed by atoms with van der Waals surface area (Å²) >= 11 is 3.41. The van der Waals surface area contributed by atoms with Crippen LogP contribution in [0.15, 0.2) is 21.5 Å². The molecule has 1 unspecified atom stereocenters. The molecule has 8 heteroatoms. The number of fused-ring (bicyclic) bond motifs is 1. The fourth-order valence-corrected chi connectivity index (χ4v) is 5.53. The Labute approximate surface area is 152 Å². The first-order chi connectivity index (χ1) is 10.4. The molecule has 2 aliphatic heterocycles. The van der Waals surface area contributed by atoms with Gasteiger partial charge in [0.15, 0.2) is 0 Å². The molecule has 1 saturated heterocycles. The van der Waals surface area contributed by atoms with Crippen molar-refractivity contribution < 1.29 is 13.2 Å². The molecule has 1 aromatic carbocycles. The molecular formula is C15H22BrClN2O3S. The fraction of sp³-hybridized carbons (Fsp3) is 0.600. The Morgan fingerprint density at radius 2 is 2.00 bits per heavy atom. The number of nitrogens with zero attached hydrogens (tertiary/aromatic N) is 1. The van der Waals surface area contributed by atoms with E-state index in [2.05, 4.69) is 15.9 Å². The number of benzene rings is 1. The maximum absolute atomic E-state index is 13.0. The van der Waals surface area contributed by atoms with Crippen LogP contribution in [0.2, 0.25) is 0 Å². The number of hydrogen-bond acceptors (Lipinski definition) is 4. The molecule has 0 amide bonds. The lowest BCUT2D eigenvalue weighted by Gasteiger charge is -2.33. The molecule has 0 spiro atoms. The molecule has 1 atom stereocenters. The number of sulfonamides is 1. The van der Waals surface area contributed by atoms with Gasteiger partial charge >= 0.3 is 0 Å². The zero-order chi connectivity index (χ0) is 15.9. The van der Waals surface area contributed by atoms with E-state index in [1.807, 2.05) is 13.0 Å². The van der Waals surface area contributed by atoms with Crippen LogP contribution in [0.25, 0.3) is 0 Å². The van der Waals surface area contributed by atoms with E-state index in [0.29, 0.717) is 31.4 Å². The van der Waals surface area contributed by atoms with E-state index in [1.165, 1.54) is 0 Å². The van der Waals surface area contributed by atoms with E-state index in [1.54, 1.807) is 10.4 Å². The first kappa shape index (κ1) is 19.0. The predicted molar refractivity (Wildman–Crippen MR) is 95.7 cm³/mol. The molecule has 0 radical (unpaired) electrons. The summed E-state index contributed by atoms with van der Waals surface area (Å²) in [5.41, 5.74) is 6.89. The van der Waals surface area contributed by atoms with Crippen molar-refractivity contribution in [1.82, 2.24) is 4.31 Å². The first-order valence-corrected chi connectivity index (χ1v) is 9.84. The second-order valence-corrected chi connectivity index (χ2v) is 8.91. The molecule has 23 heavy (non-hydrogen) atoms. The van der Waals surface area contributed by atoms with Crippen LogP contribution in [0.1, 0.15) is 25.3 Å². The number of rotatable bonds is 3. The molecule has 5 nitrogen and oxygen atoms in total. The summed E-state index contributed by atoms with van der Waals surface area (Å²) in [4.78, 5) is 0.286. The monoisotopic (exact) mass is 424 g/mol. The van der Waals surface area contributed by atoms with Crippen LogP contribution in [-0.2, 0) is 16.4 Å². The Bertz CT molecular complexity index is 674. The van der Waals surface area contributed by atoms with Crippen LogP contribution < -0.4 is 10.5 Å². The zero-order valence-corrected chi connectivity index (χ0v) is 16.2. The molecule has 130 valence electrons. The summed E-state index contributed by atoms with van der Waals surface area (Å²) in [6, 6.07) is 3.70. The van der Waals surface area contributed by atoms with Crippen molar-refractivity contribution in [3.05, 3.63) is 22.2 Å². The van der Waals surface area contributed by atoms with Crippen molar-refractivity contribution >= 4 is 38.4 Å². The molecule has 0 aliphatic carbocycles. The van der Waals surface area contributed by atoms with E-state index in [-0.39, 0.29) is 23.3 Å². The minimum Gasteiger partial charge on any atom is -0.492 e. The van der Waals surface area contributed by atoms with Crippen molar-refractivity contribution in [1.29, 1.82) is 0 Å². The van der Waals surface area contributed by atoms with Gasteiger partial charge in [0.25, 0.3) is 0 Å². The van der Waals surface area contributed by atoms with Gasteiger partial charge in [-0.2, -0.15) is 4.31 Å². The summed E-state index contributed by atoms with van der Waals surface area (Å²) in [7, 11) is -3.52. The molecule has 2 N–H and O–H groups in total. The lowest BCUT2D eigenvalue weighted by molar-refractivity contribution is 0.250. The highest BCUT2D eigenvalue weighted by molar-refractivity contribution is 9.10. The Kier molecular flexibility index (Phi) is 6.00. The van der Waals surface area contributed by atoms with Gasteiger partial charge in [0.05, 0.1) is 6.61 Å². The van der Waals surface area contributed by atoms with Gasteiger partial charge in [0, 0.05) is 35.6 Å². The number of ether oxygens (including phenoxy) is 1. The van der Waals surface area contributed by atoms with Gasteiger partial charge in [0.2, 0.25) is 10.0 Å². The van der Waals surface area contributed by atoms with Crippen molar-refractivity contribution in [3.63, 3.8) is 0 Å². The Hall–Kier alpha value is -0.340. The summed E-state index contributed by atoms with van der Waals surface area (Å²) in [6.45, 7) is 3.58. The SMILES string of the molecule is CC(N)C1CCN(S(=O)(=O)c2cc(Br)cc3c2OCC3)CC1.Cl. The summed E-state index contributed by atoms with van der Waals surface area (Å²) in [6.07, 6.45) is 2.38. The highest BCUT2D eigenvalue weighted by atomic mass is 79.9. The van der Waals surface area contributed by atoms with Crippen molar-refractivity contribution in [2.24, 2.45) is 11.7 Å². The van der Waals surface area contributed by atoms with Crippen LogP contribution in [-0.4, -0.2) is 38.5 Å². The summed E-state index contributed by atoms with van der Waals surface area (Å²) < 4.78 is 33.9. The number of nitrogens with two attached hydrogens (primary N) is 1. The summed E-state index contributed by atoms with van der Waals surface area (Å²) in [5.74, 6) is 0.924. The Morgan fingerprint density at radius 1 is 1.35 bits per heavy atom. The van der Waals surface area contributed by atoms with E-state index >= 15 is 0 Å². The van der Waals surface area contributed by atoms with Crippen LogP contribution >= 0.6 is 28.3 Å². The minimum atomic E-state index is -3.52. The normalized spacial score (nSPS) is 20.5. The maximum atomic E-state index is 13.0. The van der Waals surface area contributed by atoms with Gasteiger partial charge in [-0.05, 0) is 37.8 Å². The molecule has 0 bridgehead atoms. The molecular weight excluding hydrogens is 404 g/mol. The lowest BCUT2D eigenvalue weighted by atomic mass is 9.92. The summed E-state index contributed by atoms with van der Waals surface area (Å²) in [5, 5.41) is 0. The van der Waals surface area contributed by atoms with Crippen LogP contribution in [0.5, 0.6) is 5.75 Å². The molecule has 2 heterocycles. The second-order valence-electron chi connectivity index (χ2n) is 6.09. The highest BCUT2D eigenvalue weighted by Gasteiger charge is 2.34. The average molecular weight is 426 g/mol. The van der Waals surface area contributed by atoms with E-state index in [4.69, 9.17) is 10.5 Å². The van der Waals surface area contributed by atoms with Gasteiger partial charge in [-0.1, -0.05) is 15.9 Å². The van der Waals surface area contributed by atoms with Crippen molar-refractivity contribution in [2.75, 3.05) is 19.7 Å². The molecule has 3 rings (SSSR count). The van der Waals surface area contributed by atoms with E-state index in [0.717, 1.165) is 29.3 Å². The van der Waals surface area contributed by atoms with Gasteiger partial charge in [-0.3, -0.25) is 0 Å². The van der Waals surface area contributed by atoms with Crippen LogP contribution in [0.3, 0.4) is 0 Å². The van der Waals surface area contributed by atoms with Crippen molar-refractivity contribution in [3.8, 4) is 5.75 Å². The molecule has 2 aliphatic rings. The Morgan fingerprint density at radius 3 is 2.61 bits per heavy atom. The van der Waals surface area contributed by atoms with Crippen LogP contribution in [0, 0.1) is 5.92 Å². The largest absolute Gasteiger partial charge is 0.492 e.